The highest BCUT2D eigenvalue weighted by Crippen LogP contribution is 2.17. The van der Waals surface area contributed by atoms with Crippen LogP contribution in [0.4, 0.5) is 11.4 Å². The Labute approximate surface area is 145 Å². The average molecular weight is 337 g/mol. The molecule has 1 amide bonds. The smallest absolute Gasteiger partial charge is 0.274 e. The lowest BCUT2D eigenvalue weighted by molar-refractivity contribution is 0.102. The van der Waals surface area contributed by atoms with E-state index in [2.05, 4.69) is 15.4 Å². The minimum absolute atomic E-state index is 0.0905. The maximum atomic E-state index is 12.4. The van der Waals surface area contributed by atoms with Crippen molar-refractivity contribution >= 4 is 17.3 Å². The van der Waals surface area contributed by atoms with Crippen LogP contribution in [0.1, 0.15) is 10.5 Å². The van der Waals surface area contributed by atoms with Crippen LogP contribution in [0.15, 0.2) is 60.9 Å². The first kappa shape index (κ1) is 16.7. The Kier molecular flexibility index (Phi) is 5.06. The quantitative estimate of drug-likeness (QED) is 0.718. The molecule has 0 atom stereocenters. The summed E-state index contributed by atoms with van der Waals surface area (Å²) in [6.45, 7) is 0.642. The molecule has 0 aliphatic carbocycles. The Morgan fingerprint density at radius 1 is 1.20 bits per heavy atom. The van der Waals surface area contributed by atoms with Crippen LogP contribution in [0.25, 0.3) is 5.82 Å². The highest BCUT2D eigenvalue weighted by atomic mass is 16.3. The summed E-state index contributed by atoms with van der Waals surface area (Å²) >= 11 is 0. The molecule has 3 rings (SSSR count). The second-order valence-electron chi connectivity index (χ2n) is 5.48. The summed E-state index contributed by atoms with van der Waals surface area (Å²) in [6, 6.07) is 14.4. The average Bonchev–Trinajstić information content (AvgIpc) is 3.17. The fourth-order valence-electron chi connectivity index (χ4n) is 2.36. The number of carbonyl (C=O) groups is 1. The van der Waals surface area contributed by atoms with Gasteiger partial charge >= 0.3 is 0 Å². The molecule has 2 heterocycles. The summed E-state index contributed by atoms with van der Waals surface area (Å²) in [6.07, 6.45) is 3.43. The van der Waals surface area contributed by atoms with Gasteiger partial charge in [-0.15, -0.1) is 0 Å². The molecular weight excluding hydrogens is 318 g/mol. The summed E-state index contributed by atoms with van der Waals surface area (Å²) < 4.78 is 1.60. The molecule has 0 saturated heterocycles. The highest BCUT2D eigenvalue weighted by Gasteiger charge is 2.10. The Balaban J connectivity index is 1.71. The number of aromatic nitrogens is 3. The van der Waals surface area contributed by atoms with Gasteiger partial charge in [0.15, 0.2) is 5.82 Å². The summed E-state index contributed by atoms with van der Waals surface area (Å²) in [7, 11) is 1.90. The zero-order valence-electron chi connectivity index (χ0n) is 13.8. The van der Waals surface area contributed by atoms with Crippen molar-refractivity contribution in [3.63, 3.8) is 0 Å². The number of hydrogen-bond donors (Lipinski definition) is 2. The van der Waals surface area contributed by atoms with Crippen molar-refractivity contribution in [2.45, 2.75) is 0 Å². The first-order valence-corrected chi connectivity index (χ1v) is 7.88. The van der Waals surface area contributed by atoms with E-state index in [9.17, 15) is 4.79 Å². The van der Waals surface area contributed by atoms with E-state index in [-0.39, 0.29) is 12.5 Å². The fraction of sp³-hybridized carbons (Fsp3) is 0.167. The first-order chi connectivity index (χ1) is 12.2. The number of rotatable bonds is 6. The van der Waals surface area contributed by atoms with E-state index in [1.54, 1.807) is 41.3 Å². The summed E-state index contributed by atoms with van der Waals surface area (Å²) in [5, 5.41) is 15.9. The number of carbonyl (C=O) groups excluding carboxylic acids is 1. The van der Waals surface area contributed by atoms with Crippen LogP contribution in [-0.4, -0.2) is 46.0 Å². The molecule has 0 aliphatic rings. The molecule has 128 valence electrons. The molecule has 7 nitrogen and oxygen atoms in total. The number of anilines is 2. The largest absolute Gasteiger partial charge is 0.395 e. The SMILES string of the molecule is CN(CCO)c1ccc(NC(=O)c2cccc(-n3cccn3)n2)cc1. The van der Waals surface area contributed by atoms with Crippen LogP contribution >= 0.6 is 0 Å². The molecule has 2 N–H and O–H groups in total. The second-order valence-corrected chi connectivity index (χ2v) is 5.48. The van der Waals surface area contributed by atoms with Crippen LogP contribution in [0, 0.1) is 0 Å². The number of amides is 1. The highest BCUT2D eigenvalue weighted by molar-refractivity contribution is 6.03. The van der Waals surface area contributed by atoms with Crippen molar-refractivity contribution in [1.29, 1.82) is 0 Å². The van der Waals surface area contributed by atoms with Crippen LogP contribution in [0.3, 0.4) is 0 Å². The molecule has 1 aromatic carbocycles. The van der Waals surface area contributed by atoms with Crippen molar-refractivity contribution in [1.82, 2.24) is 14.8 Å². The molecule has 0 aliphatic heterocycles. The van der Waals surface area contributed by atoms with E-state index in [1.807, 2.05) is 36.2 Å². The van der Waals surface area contributed by atoms with E-state index < -0.39 is 0 Å². The van der Waals surface area contributed by atoms with Crippen LogP contribution in [-0.2, 0) is 0 Å². The second kappa shape index (κ2) is 7.59. The molecule has 0 spiro atoms. The van der Waals surface area contributed by atoms with Gasteiger partial charge in [-0.2, -0.15) is 5.10 Å². The molecule has 0 fully saturated rings. The summed E-state index contributed by atoms with van der Waals surface area (Å²) in [5.74, 6) is 0.295. The number of benzene rings is 1. The van der Waals surface area contributed by atoms with Gasteiger partial charge in [0.25, 0.3) is 5.91 Å². The van der Waals surface area contributed by atoms with E-state index >= 15 is 0 Å². The maximum Gasteiger partial charge on any atom is 0.274 e. The van der Waals surface area contributed by atoms with Crippen molar-refractivity contribution in [3.8, 4) is 5.82 Å². The maximum absolute atomic E-state index is 12.4. The van der Waals surface area contributed by atoms with Gasteiger partial charge in [0.05, 0.1) is 6.61 Å². The number of hydrogen-bond acceptors (Lipinski definition) is 5. The normalized spacial score (nSPS) is 10.5. The molecule has 0 radical (unpaired) electrons. The Morgan fingerprint density at radius 2 is 2.00 bits per heavy atom. The molecule has 25 heavy (non-hydrogen) atoms. The molecular formula is C18H19N5O2. The fourth-order valence-corrected chi connectivity index (χ4v) is 2.36. The van der Waals surface area contributed by atoms with Gasteiger partial charge in [-0.1, -0.05) is 6.07 Å². The van der Waals surface area contributed by atoms with Crippen LogP contribution in [0.5, 0.6) is 0 Å². The van der Waals surface area contributed by atoms with Crippen molar-refractivity contribution < 1.29 is 9.90 Å². The predicted octanol–water partition coefficient (Wildman–Crippen LogP) is 1.95. The van der Waals surface area contributed by atoms with E-state index in [1.165, 1.54) is 0 Å². The van der Waals surface area contributed by atoms with Crippen molar-refractivity contribution in [2.24, 2.45) is 0 Å². The van der Waals surface area contributed by atoms with E-state index in [0.29, 0.717) is 23.7 Å². The van der Waals surface area contributed by atoms with Crippen LogP contribution < -0.4 is 10.2 Å². The number of likely N-dealkylation sites (N-methyl/N-ethyl adjacent to an activating group) is 1. The molecule has 0 bridgehead atoms. The minimum atomic E-state index is -0.287. The minimum Gasteiger partial charge on any atom is -0.395 e. The lowest BCUT2D eigenvalue weighted by atomic mass is 10.2. The van der Waals surface area contributed by atoms with Gasteiger partial charge < -0.3 is 15.3 Å². The summed E-state index contributed by atoms with van der Waals surface area (Å²) in [5.41, 5.74) is 1.96. The van der Waals surface area contributed by atoms with Gasteiger partial charge in [0, 0.05) is 37.4 Å². The zero-order chi connectivity index (χ0) is 17.6. The first-order valence-electron chi connectivity index (χ1n) is 7.88. The monoisotopic (exact) mass is 337 g/mol. The topological polar surface area (TPSA) is 83.3 Å². The molecule has 2 aromatic heterocycles. The number of nitrogens with one attached hydrogen (secondary N) is 1. The predicted molar refractivity (Wildman–Crippen MR) is 96.1 cm³/mol. The lowest BCUT2D eigenvalue weighted by Gasteiger charge is -2.18. The number of nitrogens with zero attached hydrogens (tertiary/aromatic N) is 4. The Bertz CT molecular complexity index is 831. The van der Waals surface area contributed by atoms with Crippen molar-refractivity contribution in [3.05, 3.63) is 66.6 Å². The van der Waals surface area contributed by atoms with Crippen LogP contribution in [0.2, 0.25) is 0 Å². The number of aliphatic hydroxyl groups excluding tert-OH is 1. The third-order valence-electron chi connectivity index (χ3n) is 3.71. The molecule has 7 heteroatoms. The van der Waals surface area contributed by atoms with Gasteiger partial charge in [0.1, 0.15) is 5.69 Å². The third-order valence-corrected chi connectivity index (χ3v) is 3.71. The molecule has 0 unspecified atom stereocenters. The van der Waals surface area contributed by atoms with Gasteiger partial charge in [-0.3, -0.25) is 4.79 Å². The molecule has 0 saturated carbocycles. The standard InChI is InChI=1S/C18H19N5O2/c1-22(12-13-24)15-8-6-14(7-9-15)20-18(25)16-4-2-5-17(21-16)23-11-3-10-19-23/h2-11,24H,12-13H2,1H3,(H,20,25). The van der Waals surface area contributed by atoms with Crippen molar-refractivity contribution in [2.75, 3.05) is 30.4 Å². The van der Waals surface area contributed by atoms with E-state index in [4.69, 9.17) is 5.11 Å². The van der Waals surface area contributed by atoms with E-state index in [0.717, 1.165) is 5.69 Å². The summed E-state index contributed by atoms with van der Waals surface area (Å²) in [4.78, 5) is 18.7. The zero-order valence-corrected chi connectivity index (χ0v) is 13.8. The van der Waals surface area contributed by atoms with Gasteiger partial charge in [0.2, 0.25) is 0 Å². The third kappa shape index (κ3) is 4.02. The van der Waals surface area contributed by atoms with Gasteiger partial charge in [-0.25, -0.2) is 9.67 Å². The molecule has 3 aromatic rings. The Morgan fingerprint density at radius 3 is 2.68 bits per heavy atom. The Hall–Kier alpha value is -3.19. The van der Waals surface area contributed by atoms with Gasteiger partial charge in [-0.05, 0) is 42.5 Å². The number of pyridine rings is 1. The number of aliphatic hydroxyl groups is 1. The lowest BCUT2D eigenvalue weighted by Crippen LogP contribution is -2.21.